The molecule has 118 valence electrons. The van der Waals surface area contributed by atoms with E-state index >= 15 is 0 Å². The molecule has 0 fully saturated rings. The number of carbonyl (C=O) groups excluding carboxylic acids is 1. The van der Waals surface area contributed by atoms with E-state index in [1.165, 1.54) is 0 Å². The van der Waals surface area contributed by atoms with E-state index < -0.39 is 11.8 Å². The van der Waals surface area contributed by atoms with Crippen LogP contribution >= 0.6 is 0 Å². The van der Waals surface area contributed by atoms with Gasteiger partial charge in [0, 0.05) is 13.6 Å². The van der Waals surface area contributed by atoms with Gasteiger partial charge in [-0.05, 0) is 37.1 Å². The Balaban J connectivity index is 2.05. The maximum atomic E-state index is 12.0. The van der Waals surface area contributed by atoms with E-state index in [0.29, 0.717) is 17.9 Å². The standard InChI is InChI=1S/C15H18N2O5/c1-9-6-11(4-5-12(9)7-17(3)16)14(18)20-8-13-10(2)21-15(19)22-13/h4-6H,7-8,16H2,1-3H3. The minimum Gasteiger partial charge on any atom is -0.454 e. The third-order valence-corrected chi connectivity index (χ3v) is 3.17. The fraction of sp³-hybridized carbons (Fsp3) is 0.333. The summed E-state index contributed by atoms with van der Waals surface area (Å²) in [5, 5.41) is 1.56. The Morgan fingerprint density at radius 3 is 2.59 bits per heavy atom. The van der Waals surface area contributed by atoms with Gasteiger partial charge in [-0.25, -0.2) is 14.6 Å². The summed E-state index contributed by atoms with van der Waals surface area (Å²) in [6.45, 7) is 3.90. The topological polar surface area (TPSA) is 98.9 Å². The zero-order valence-electron chi connectivity index (χ0n) is 12.7. The zero-order valence-corrected chi connectivity index (χ0v) is 12.7. The highest BCUT2D eigenvalue weighted by Gasteiger charge is 2.14. The first kappa shape index (κ1) is 16.0. The van der Waals surface area contributed by atoms with Crippen LogP contribution < -0.4 is 11.7 Å². The smallest absolute Gasteiger partial charge is 0.454 e. The van der Waals surface area contributed by atoms with Crippen molar-refractivity contribution >= 4 is 5.97 Å². The summed E-state index contributed by atoms with van der Waals surface area (Å²) in [6, 6.07) is 5.24. The van der Waals surface area contributed by atoms with Crippen molar-refractivity contribution in [2.75, 3.05) is 7.05 Å². The van der Waals surface area contributed by atoms with Gasteiger partial charge in [0.25, 0.3) is 0 Å². The Bertz CT molecular complexity index is 730. The van der Waals surface area contributed by atoms with Crippen molar-refractivity contribution in [3.63, 3.8) is 0 Å². The van der Waals surface area contributed by atoms with E-state index in [1.54, 1.807) is 31.1 Å². The number of carbonyl (C=O) groups is 1. The van der Waals surface area contributed by atoms with E-state index in [9.17, 15) is 9.59 Å². The van der Waals surface area contributed by atoms with Crippen LogP contribution in [-0.4, -0.2) is 18.0 Å². The second-order valence-corrected chi connectivity index (χ2v) is 5.07. The summed E-state index contributed by atoms with van der Waals surface area (Å²) in [4.78, 5) is 22.9. The number of benzene rings is 1. The van der Waals surface area contributed by atoms with Crippen molar-refractivity contribution < 1.29 is 18.4 Å². The summed E-state index contributed by atoms with van der Waals surface area (Å²) in [7, 11) is 1.77. The molecule has 0 saturated carbocycles. The van der Waals surface area contributed by atoms with Gasteiger partial charge in [0.1, 0.15) is 0 Å². The quantitative estimate of drug-likeness (QED) is 0.508. The molecule has 0 bridgehead atoms. The molecule has 7 nitrogen and oxygen atoms in total. The highest BCUT2D eigenvalue weighted by atomic mass is 16.6. The van der Waals surface area contributed by atoms with Gasteiger partial charge < -0.3 is 13.6 Å². The van der Waals surface area contributed by atoms with Crippen molar-refractivity contribution in [3.8, 4) is 0 Å². The number of hydrazine groups is 1. The Morgan fingerprint density at radius 2 is 2.05 bits per heavy atom. The third kappa shape index (κ3) is 3.84. The number of nitrogens with zero attached hydrogens (tertiary/aromatic N) is 1. The van der Waals surface area contributed by atoms with Crippen LogP contribution in [0.25, 0.3) is 0 Å². The van der Waals surface area contributed by atoms with E-state index in [-0.39, 0.29) is 12.4 Å². The second kappa shape index (κ2) is 6.59. The van der Waals surface area contributed by atoms with Crippen molar-refractivity contribution in [2.24, 2.45) is 5.84 Å². The maximum absolute atomic E-state index is 12.0. The molecular formula is C15H18N2O5. The molecule has 2 N–H and O–H groups in total. The maximum Gasteiger partial charge on any atom is 0.519 e. The number of esters is 1. The number of ether oxygens (including phenoxy) is 1. The van der Waals surface area contributed by atoms with Crippen LogP contribution in [0.15, 0.2) is 31.8 Å². The molecule has 0 aliphatic carbocycles. The monoisotopic (exact) mass is 306 g/mol. The average Bonchev–Trinajstić information content (AvgIpc) is 2.76. The largest absolute Gasteiger partial charge is 0.519 e. The van der Waals surface area contributed by atoms with Gasteiger partial charge in [0.2, 0.25) is 0 Å². The number of nitrogens with two attached hydrogens (primary N) is 1. The normalized spacial score (nSPS) is 11.0. The molecule has 0 amide bonds. The van der Waals surface area contributed by atoms with E-state index in [2.05, 4.69) is 0 Å². The summed E-state index contributed by atoms with van der Waals surface area (Å²) >= 11 is 0. The predicted molar refractivity (Wildman–Crippen MR) is 77.9 cm³/mol. The van der Waals surface area contributed by atoms with Gasteiger partial charge >= 0.3 is 11.8 Å². The lowest BCUT2D eigenvalue weighted by Crippen LogP contribution is -2.25. The summed E-state index contributed by atoms with van der Waals surface area (Å²) in [6.07, 6.45) is 0. The highest BCUT2D eigenvalue weighted by molar-refractivity contribution is 5.89. The molecule has 0 spiro atoms. The molecule has 1 heterocycles. The minimum absolute atomic E-state index is 0.150. The van der Waals surface area contributed by atoms with Crippen molar-refractivity contribution in [1.29, 1.82) is 0 Å². The van der Waals surface area contributed by atoms with Gasteiger partial charge in [0.15, 0.2) is 18.1 Å². The SMILES string of the molecule is Cc1cc(C(=O)OCc2oc(=O)oc2C)ccc1CN(C)N. The van der Waals surface area contributed by atoms with E-state index in [0.717, 1.165) is 11.1 Å². The van der Waals surface area contributed by atoms with Gasteiger partial charge in [-0.3, -0.25) is 5.84 Å². The lowest BCUT2D eigenvalue weighted by atomic mass is 10.1. The first-order chi connectivity index (χ1) is 10.4. The first-order valence-electron chi connectivity index (χ1n) is 6.68. The Kier molecular flexibility index (Phi) is 4.79. The Hall–Kier alpha value is -2.38. The molecule has 2 aromatic rings. The highest BCUT2D eigenvalue weighted by Crippen LogP contribution is 2.14. The van der Waals surface area contributed by atoms with Crippen molar-refractivity contribution in [2.45, 2.75) is 27.0 Å². The van der Waals surface area contributed by atoms with Crippen LogP contribution in [0, 0.1) is 13.8 Å². The zero-order chi connectivity index (χ0) is 16.3. The number of hydrogen-bond acceptors (Lipinski definition) is 7. The van der Waals surface area contributed by atoms with Crippen LogP contribution in [0.1, 0.15) is 33.0 Å². The predicted octanol–water partition coefficient (Wildman–Crippen LogP) is 1.51. The van der Waals surface area contributed by atoms with Gasteiger partial charge in [0.05, 0.1) is 5.56 Å². The van der Waals surface area contributed by atoms with E-state index in [4.69, 9.17) is 19.4 Å². The van der Waals surface area contributed by atoms with Crippen LogP contribution in [0.3, 0.4) is 0 Å². The average molecular weight is 306 g/mol. The summed E-state index contributed by atoms with van der Waals surface area (Å²) < 4.78 is 14.6. The molecule has 0 unspecified atom stereocenters. The fourth-order valence-electron chi connectivity index (χ4n) is 1.99. The fourth-order valence-corrected chi connectivity index (χ4v) is 1.99. The van der Waals surface area contributed by atoms with E-state index in [1.807, 2.05) is 13.0 Å². The third-order valence-electron chi connectivity index (χ3n) is 3.17. The molecule has 2 rings (SSSR count). The second-order valence-electron chi connectivity index (χ2n) is 5.07. The summed E-state index contributed by atoms with van der Waals surface area (Å²) in [5.74, 6) is 4.81. The molecular weight excluding hydrogens is 288 g/mol. The first-order valence-corrected chi connectivity index (χ1v) is 6.68. The lowest BCUT2D eigenvalue weighted by molar-refractivity contribution is 0.0443. The lowest BCUT2D eigenvalue weighted by Gasteiger charge is -2.12. The Morgan fingerprint density at radius 1 is 1.32 bits per heavy atom. The molecule has 0 atom stereocenters. The molecule has 1 aromatic heterocycles. The van der Waals surface area contributed by atoms with Crippen molar-refractivity contribution in [1.82, 2.24) is 5.01 Å². The van der Waals surface area contributed by atoms with Crippen LogP contribution in [0.5, 0.6) is 0 Å². The molecule has 0 aliphatic heterocycles. The minimum atomic E-state index is -0.811. The van der Waals surface area contributed by atoms with Gasteiger partial charge in [-0.15, -0.1) is 0 Å². The molecule has 22 heavy (non-hydrogen) atoms. The van der Waals surface area contributed by atoms with Crippen LogP contribution in [-0.2, 0) is 17.9 Å². The molecule has 1 aromatic carbocycles. The molecule has 7 heteroatoms. The van der Waals surface area contributed by atoms with Crippen LogP contribution in [0.4, 0.5) is 0 Å². The summed E-state index contributed by atoms with van der Waals surface area (Å²) in [5.41, 5.74) is 2.39. The number of hydrogen-bond donors (Lipinski definition) is 1. The molecule has 0 saturated heterocycles. The van der Waals surface area contributed by atoms with Gasteiger partial charge in [-0.1, -0.05) is 6.07 Å². The number of rotatable bonds is 5. The molecule has 0 radical (unpaired) electrons. The van der Waals surface area contributed by atoms with Gasteiger partial charge in [-0.2, -0.15) is 0 Å². The number of aryl methyl sites for hydroxylation is 2. The Labute approximate surface area is 127 Å². The van der Waals surface area contributed by atoms with Crippen LogP contribution in [0.2, 0.25) is 0 Å². The van der Waals surface area contributed by atoms with Crippen molar-refractivity contribution in [3.05, 3.63) is 57.0 Å². The molecule has 0 aliphatic rings.